The van der Waals surface area contributed by atoms with Gasteiger partial charge in [-0.25, -0.2) is 14.0 Å². The van der Waals surface area contributed by atoms with Gasteiger partial charge in [0, 0.05) is 6.54 Å². The van der Waals surface area contributed by atoms with Crippen LogP contribution in [0, 0.1) is 5.82 Å². The lowest BCUT2D eigenvalue weighted by Crippen LogP contribution is -2.24. The van der Waals surface area contributed by atoms with Crippen LogP contribution in [-0.2, 0) is 11.3 Å². The Kier molecular flexibility index (Phi) is 6.65. The second-order valence-electron chi connectivity index (χ2n) is 5.07. The van der Waals surface area contributed by atoms with Crippen molar-refractivity contribution in [3.05, 3.63) is 71.3 Å². The predicted octanol–water partition coefficient (Wildman–Crippen LogP) is 3.25. The van der Waals surface area contributed by atoms with Crippen molar-refractivity contribution in [3.8, 4) is 0 Å². The second kappa shape index (κ2) is 9.17. The zero-order valence-corrected chi connectivity index (χ0v) is 13.3. The summed E-state index contributed by atoms with van der Waals surface area (Å²) in [6.45, 7) is 0.539. The highest BCUT2D eigenvalue weighted by molar-refractivity contribution is 5.88. The molecule has 0 aliphatic heterocycles. The van der Waals surface area contributed by atoms with Crippen molar-refractivity contribution in [1.82, 2.24) is 10.3 Å². The zero-order valence-electron chi connectivity index (χ0n) is 13.3. The number of halogens is 1. The van der Waals surface area contributed by atoms with Crippen LogP contribution in [0.15, 0.2) is 48.7 Å². The number of carbonyl (C=O) groups excluding carboxylic acids is 1. The van der Waals surface area contributed by atoms with Crippen molar-refractivity contribution in [2.24, 2.45) is 0 Å². The minimum atomic E-state index is -1.35. The second-order valence-corrected chi connectivity index (χ2v) is 5.07. The van der Waals surface area contributed by atoms with Gasteiger partial charge in [-0.2, -0.15) is 0 Å². The van der Waals surface area contributed by atoms with Gasteiger partial charge in [-0.15, -0.1) is 0 Å². The summed E-state index contributed by atoms with van der Waals surface area (Å²) in [7, 11) is 0. The van der Waals surface area contributed by atoms with Gasteiger partial charge in [-0.3, -0.25) is 4.98 Å². The highest BCUT2D eigenvalue weighted by Gasteiger charge is 2.10. The molecular formula is C18H17FN2O4. The molecule has 0 aliphatic rings. The van der Waals surface area contributed by atoms with Gasteiger partial charge < -0.3 is 15.2 Å². The number of hydrogen-bond donors (Lipinski definition) is 2. The fraction of sp³-hybridized carbons (Fsp3) is 0.167. The van der Waals surface area contributed by atoms with Crippen molar-refractivity contribution in [2.75, 3.05) is 6.54 Å². The molecule has 1 aromatic carbocycles. The van der Waals surface area contributed by atoms with Crippen LogP contribution in [-0.4, -0.2) is 28.7 Å². The van der Waals surface area contributed by atoms with Crippen molar-refractivity contribution >= 4 is 18.1 Å². The topological polar surface area (TPSA) is 88.5 Å². The molecule has 2 rings (SSSR count). The van der Waals surface area contributed by atoms with E-state index < -0.39 is 23.4 Å². The maximum atomic E-state index is 13.2. The van der Waals surface area contributed by atoms with E-state index >= 15 is 0 Å². The lowest BCUT2D eigenvalue weighted by Gasteiger charge is -2.05. The van der Waals surface area contributed by atoms with Gasteiger partial charge in [-0.1, -0.05) is 36.4 Å². The molecule has 0 radical (unpaired) electrons. The molecule has 7 heteroatoms. The Labute approximate surface area is 144 Å². The number of aromatic carboxylic acids is 1. The third-order valence-corrected chi connectivity index (χ3v) is 3.19. The van der Waals surface area contributed by atoms with Crippen LogP contribution < -0.4 is 5.32 Å². The molecule has 0 unspecified atom stereocenters. The third-order valence-electron chi connectivity index (χ3n) is 3.19. The first-order valence-electron chi connectivity index (χ1n) is 7.56. The standard InChI is InChI=1S/C18H17FN2O4/c19-16-11-21-14(10-15(16)17(22)23)8-4-5-9-20-18(24)25-12-13-6-2-1-3-7-13/h1-4,6-8,10-11H,5,9,12H2,(H,20,24)(H,22,23). The monoisotopic (exact) mass is 344 g/mol. The summed E-state index contributed by atoms with van der Waals surface area (Å²) in [4.78, 5) is 26.1. The fourth-order valence-corrected chi connectivity index (χ4v) is 1.95. The van der Waals surface area contributed by atoms with Gasteiger partial charge in [0.15, 0.2) is 5.82 Å². The number of ether oxygens (including phenoxy) is 1. The molecule has 130 valence electrons. The predicted molar refractivity (Wildman–Crippen MR) is 89.4 cm³/mol. The summed E-state index contributed by atoms with van der Waals surface area (Å²) in [5.74, 6) is -2.23. The number of nitrogens with one attached hydrogen (secondary N) is 1. The Hall–Kier alpha value is -3.22. The number of hydrogen-bond acceptors (Lipinski definition) is 4. The summed E-state index contributed by atoms with van der Waals surface area (Å²) in [5.41, 5.74) is 0.789. The van der Waals surface area contributed by atoms with E-state index in [2.05, 4.69) is 10.3 Å². The van der Waals surface area contributed by atoms with Crippen molar-refractivity contribution in [3.63, 3.8) is 0 Å². The maximum Gasteiger partial charge on any atom is 0.407 e. The molecular weight excluding hydrogens is 327 g/mol. The third kappa shape index (κ3) is 6.06. The van der Waals surface area contributed by atoms with Crippen molar-refractivity contribution in [2.45, 2.75) is 13.0 Å². The molecule has 0 saturated heterocycles. The number of nitrogens with zero attached hydrogens (tertiary/aromatic N) is 1. The van der Waals surface area contributed by atoms with E-state index in [0.29, 0.717) is 18.7 Å². The Bertz CT molecular complexity index is 763. The van der Waals surface area contributed by atoms with Crippen LogP contribution in [0.25, 0.3) is 6.08 Å². The minimum absolute atomic E-state index is 0.194. The number of carboxylic acids is 1. The summed E-state index contributed by atoms with van der Waals surface area (Å²) in [6.07, 6.45) is 4.08. The smallest absolute Gasteiger partial charge is 0.407 e. The Morgan fingerprint density at radius 3 is 2.76 bits per heavy atom. The van der Waals surface area contributed by atoms with Crippen LogP contribution in [0.3, 0.4) is 0 Å². The normalized spacial score (nSPS) is 10.6. The number of alkyl carbamates (subject to hydrolysis) is 1. The Balaban J connectivity index is 1.72. The first-order chi connectivity index (χ1) is 12.1. The molecule has 6 nitrogen and oxygen atoms in total. The number of aromatic nitrogens is 1. The summed E-state index contributed by atoms with van der Waals surface area (Å²) < 4.78 is 18.3. The largest absolute Gasteiger partial charge is 0.478 e. The quantitative estimate of drug-likeness (QED) is 0.753. The van der Waals surface area contributed by atoms with E-state index in [1.54, 1.807) is 12.2 Å². The molecule has 0 spiro atoms. The maximum absolute atomic E-state index is 13.2. The van der Waals surface area contributed by atoms with E-state index in [4.69, 9.17) is 9.84 Å². The summed E-state index contributed by atoms with van der Waals surface area (Å²) >= 11 is 0. The number of pyridine rings is 1. The lowest BCUT2D eigenvalue weighted by atomic mass is 10.2. The first kappa shape index (κ1) is 18.1. The summed E-state index contributed by atoms with van der Waals surface area (Å²) in [5, 5.41) is 11.4. The lowest BCUT2D eigenvalue weighted by molar-refractivity contribution is 0.0691. The van der Waals surface area contributed by atoms with E-state index in [1.807, 2.05) is 30.3 Å². The molecule has 0 aliphatic carbocycles. The molecule has 1 aromatic heterocycles. The van der Waals surface area contributed by atoms with E-state index in [1.165, 1.54) is 0 Å². The molecule has 0 bridgehead atoms. The number of carbonyl (C=O) groups is 2. The molecule has 2 aromatic rings. The Morgan fingerprint density at radius 1 is 1.28 bits per heavy atom. The molecule has 1 amide bonds. The SMILES string of the molecule is O=C(NCCC=Cc1cc(C(=O)O)c(F)cn1)OCc1ccccc1. The van der Waals surface area contributed by atoms with Crippen molar-refractivity contribution in [1.29, 1.82) is 0 Å². The van der Waals surface area contributed by atoms with Gasteiger partial charge in [-0.05, 0) is 24.1 Å². The average molecular weight is 344 g/mol. The van der Waals surface area contributed by atoms with Gasteiger partial charge >= 0.3 is 12.1 Å². The first-order valence-corrected chi connectivity index (χ1v) is 7.56. The number of rotatable bonds is 7. The molecule has 25 heavy (non-hydrogen) atoms. The van der Waals surface area contributed by atoms with Gasteiger partial charge in [0.2, 0.25) is 0 Å². The van der Waals surface area contributed by atoms with Gasteiger partial charge in [0.1, 0.15) is 6.61 Å². The molecule has 2 N–H and O–H groups in total. The van der Waals surface area contributed by atoms with Gasteiger partial charge in [0.05, 0.1) is 17.5 Å². The molecule has 1 heterocycles. The average Bonchev–Trinajstić information content (AvgIpc) is 2.61. The number of carboxylic acid groups (broad SMARTS) is 1. The minimum Gasteiger partial charge on any atom is -0.478 e. The van der Waals surface area contributed by atoms with Crippen LogP contribution in [0.5, 0.6) is 0 Å². The number of benzene rings is 1. The van der Waals surface area contributed by atoms with Crippen LogP contribution >= 0.6 is 0 Å². The van der Waals surface area contributed by atoms with Gasteiger partial charge in [0.25, 0.3) is 0 Å². The Morgan fingerprint density at radius 2 is 2.04 bits per heavy atom. The van der Waals surface area contributed by atoms with E-state index in [0.717, 1.165) is 17.8 Å². The summed E-state index contributed by atoms with van der Waals surface area (Å²) in [6, 6.07) is 10.5. The molecule has 0 saturated carbocycles. The van der Waals surface area contributed by atoms with Crippen LogP contribution in [0.1, 0.15) is 28.0 Å². The van der Waals surface area contributed by atoms with Crippen molar-refractivity contribution < 1.29 is 23.8 Å². The van der Waals surface area contributed by atoms with Crippen LogP contribution in [0.2, 0.25) is 0 Å². The zero-order chi connectivity index (χ0) is 18.1. The fourth-order valence-electron chi connectivity index (χ4n) is 1.95. The highest BCUT2D eigenvalue weighted by Crippen LogP contribution is 2.09. The number of amides is 1. The molecule has 0 atom stereocenters. The highest BCUT2D eigenvalue weighted by atomic mass is 19.1. The van der Waals surface area contributed by atoms with Crippen LogP contribution in [0.4, 0.5) is 9.18 Å². The van der Waals surface area contributed by atoms with E-state index in [-0.39, 0.29) is 6.61 Å². The van der Waals surface area contributed by atoms with E-state index in [9.17, 15) is 14.0 Å². The molecule has 0 fully saturated rings.